The van der Waals surface area contributed by atoms with E-state index in [0.717, 1.165) is 22.0 Å². The molecule has 2 aromatic heterocycles. The van der Waals surface area contributed by atoms with Crippen LogP contribution in [0.5, 0.6) is 0 Å². The number of H-pyrrole nitrogens is 1. The Balaban J connectivity index is 1.43. The SMILES string of the molecule is Nc1nccc(Nc2ccc3[nH]nc(C(=O)Nc4ccc5ccccc5c4)c3c2)n1. The molecular weight excluding hydrogens is 378 g/mol. The average molecular weight is 395 g/mol. The van der Waals surface area contributed by atoms with Gasteiger partial charge in [-0.05, 0) is 47.2 Å². The van der Waals surface area contributed by atoms with Gasteiger partial charge in [0, 0.05) is 23.0 Å². The van der Waals surface area contributed by atoms with Gasteiger partial charge in [-0.25, -0.2) is 4.98 Å². The zero-order valence-electron chi connectivity index (χ0n) is 15.8. The van der Waals surface area contributed by atoms with Crippen LogP contribution in [0.1, 0.15) is 10.5 Å². The second-order valence-corrected chi connectivity index (χ2v) is 6.77. The van der Waals surface area contributed by atoms with Crippen LogP contribution in [0.25, 0.3) is 21.7 Å². The molecule has 5 N–H and O–H groups in total. The molecule has 3 aromatic carbocycles. The molecule has 0 spiro atoms. The third kappa shape index (κ3) is 3.37. The predicted molar refractivity (Wildman–Crippen MR) is 118 cm³/mol. The molecule has 2 heterocycles. The standard InChI is InChI=1S/C22H17N7O/c23-22-24-10-9-19(27-22)25-16-7-8-18-17(12-16)20(29-28-18)21(30)26-15-6-5-13-3-1-2-4-14(13)11-15/h1-12H,(H,26,30)(H,28,29)(H3,23,24,25,27). The smallest absolute Gasteiger partial charge is 0.276 e. The first-order chi connectivity index (χ1) is 14.7. The summed E-state index contributed by atoms with van der Waals surface area (Å²) in [7, 11) is 0. The number of rotatable bonds is 4. The third-order valence-electron chi connectivity index (χ3n) is 4.73. The normalized spacial score (nSPS) is 10.9. The fourth-order valence-electron chi connectivity index (χ4n) is 3.31. The van der Waals surface area contributed by atoms with Gasteiger partial charge < -0.3 is 16.4 Å². The second kappa shape index (κ2) is 7.17. The van der Waals surface area contributed by atoms with Crippen molar-refractivity contribution in [2.24, 2.45) is 0 Å². The highest BCUT2D eigenvalue weighted by Crippen LogP contribution is 2.24. The second-order valence-electron chi connectivity index (χ2n) is 6.77. The van der Waals surface area contributed by atoms with Gasteiger partial charge in [-0.2, -0.15) is 10.1 Å². The highest BCUT2D eigenvalue weighted by Gasteiger charge is 2.15. The zero-order valence-corrected chi connectivity index (χ0v) is 15.8. The number of carbonyl (C=O) groups excluding carboxylic acids is 1. The molecule has 0 aliphatic rings. The molecule has 8 heteroatoms. The van der Waals surface area contributed by atoms with E-state index >= 15 is 0 Å². The third-order valence-corrected chi connectivity index (χ3v) is 4.73. The number of hydrogen-bond donors (Lipinski definition) is 4. The van der Waals surface area contributed by atoms with Crippen LogP contribution in [0.2, 0.25) is 0 Å². The van der Waals surface area contributed by atoms with Gasteiger partial charge in [0.25, 0.3) is 5.91 Å². The summed E-state index contributed by atoms with van der Waals surface area (Å²) in [6.07, 6.45) is 1.57. The van der Waals surface area contributed by atoms with Gasteiger partial charge in [-0.1, -0.05) is 30.3 Å². The number of amides is 1. The molecule has 0 radical (unpaired) electrons. The van der Waals surface area contributed by atoms with E-state index in [4.69, 9.17) is 5.73 Å². The topological polar surface area (TPSA) is 122 Å². The van der Waals surface area contributed by atoms with E-state index in [9.17, 15) is 4.79 Å². The van der Waals surface area contributed by atoms with Crippen molar-refractivity contribution in [2.75, 3.05) is 16.4 Å². The number of nitrogens with one attached hydrogen (secondary N) is 3. The summed E-state index contributed by atoms with van der Waals surface area (Å²) in [5.41, 5.74) is 8.15. The number of nitrogens with zero attached hydrogens (tertiary/aromatic N) is 3. The summed E-state index contributed by atoms with van der Waals surface area (Å²) < 4.78 is 0. The van der Waals surface area contributed by atoms with Crippen LogP contribution in [0.4, 0.5) is 23.1 Å². The molecule has 146 valence electrons. The number of nitrogen functional groups attached to an aromatic ring is 1. The van der Waals surface area contributed by atoms with E-state index < -0.39 is 0 Å². The number of benzene rings is 3. The molecule has 0 saturated heterocycles. The Morgan fingerprint density at radius 2 is 1.77 bits per heavy atom. The lowest BCUT2D eigenvalue weighted by molar-refractivity contribution is 0.102. The Bertz CT molecular complexity index is 1390. The lowest BCUT2D eigenvalue weighted by Crippen LogP contribution is -2.12. The van der Waals surface area contributed by atoms with E-state index in [1.54, 1.807) is 12.3 Å². The Hall–Kier alpha value is -4.46. The molecule has 5 aromatic rings. The Morgan fingerprint density at radius 1 is 0.933 bits per heavy atom. The Kier molecular flexibility index (Phi) is 4.21. The molecule has 1 amide bonds. The quantitative estimate of drug-likeness (QED) is 0.364. The average Bonchev–Trinajstić information content (AvgIpc) is 3.17. The number of nitrogens with two attached hydrogens (primary N) is 1. The Labute approximate surface area is 171 Å². The molecule has 0 saturated carbocycles. The van der Waals surface area contributed by atoms with Crippen molar-refractivity contribution >= 4 is 50.7 Å². The van der Waals surface area contributed by atoms with Gasteiger partial charge >= 0.3 is 0 Å². The van der Waals surface area contributed by atoms with Crippen LogP contribution in [-0.4, -0.2) is 26.1 Å². The van der Waals surface area contributed by atoms with Crippen LogP contribution in [0, 0.1) is 0 Å². The fourth-order valence-corrected chi connectivity index (χ4v) is 3.31. The molecule has 30 heavy (non-hydrogen) atoms. The maximum atomic E-state index is 12.9. The number of fused-ring (bicyclic) bond motifs is 2. The maximum absolute atomic E-state index is 12.9. The summed E-state index contributed by atoms with van der Waals surface area (Å²) in [4.78, 5) is 20.9. The number of aromatic nitrogens is 4. The highest BCUT2D eigenvalue weighted by atomic mass is 16.1. The summed E-state index contributed by atoms with van der Waals surface area (Å²) >= 11 is 0. The van der Waals surface area contributed by atoms with Crippen LogP contribution in [0.15, 0.2) is 72.9 Å². The van der Waals surface area contributed by atoms with Crippen LogP contribution >= 0.6 is 0 Å². The van der Waals surface area contributed by atoms with E-state index in [2.05, 4.69) is 30.8 Å². The first-order valence-electron chi connectivity index (χ1n) is 9.29. The van der Waals surface area contributed by atoms with Gasteiger partial charge in [0.15, 0.2) is 5.69 Å². The first-order valence-corrected chi connectivity index (χ1v) is 9.29. The van der Waals surface area contributed by atoms with E-state index in [0.29, 0.717) is 22.6 Å². The van der Waals surface area contributed by atoms with Crippen molar-refractivity contribution in [1.82, 2.24) is 20.2 Å². The molecule has 5 rings (SSSR count). The van der Waals surface area contributed by atoms with Gasteiger partial charge in [0.05, 0.1) is 5.52 Å². The van der Waals surface area contributed by atoms with Crippen LogP contribution in [-0.2, 0) is 0 Å². The summed E-state index contributed by atoms with van der Waals surface area (Å²) in [5.74, 6) is 0.451. The van der Waals surface area contributed by atoms with Gasteiger partial charge in [0.2, 0.25) is 5.95 Å². The molecule has 0 aliphatic heterocycles. The minimum atomic E-state index is -0.292. The highest BCUT2D eigenvalue weighted by molar-refractivity contribution is 6.12. The van der Waals surface area contributed by atoms with E-state index in [-0.39, 0.29) is 11.9 Å². The molecular formula is C22H17N7O. The van der Waals surface area contributed by atoms with Crippen molar-refractivity contribution in [2.45, 2.75) is 0 Å². The molecule has 0 aliphatic carbocycles. The van der Waals surface area contributed by atoms with E-state index in [1.807, 2.05) is 60.7 Å². The fraction of sp³-hybridized carbons (Fsp3) is 0. The zero-order chi connectivity index (χ0) is 20.5. The van der Waals surface area contributed by atoms with Crippen molar-refractivity contribution in [1.29, 1.82) is 0 Å². The number of hydrogen-bond acceptors (Lipinski definition) is 6. The summed E-state index contributed by atoms with van der Waals surface area (Å²) in [6, 6.07) is 21.0. The largest absolute Gasteiger partial charge is 0.368 e. The summed E-state index contributed by atoms with van der Waals surface area (Å²) in [6.45, 7) is 0. The van der Waals surface area contributed by atoms with Crippen molar-refractivity contribution < 1.29 is 4.79 Å². The first kappa shape index (κ1) is 17.6. The van der Waals surface area contributed by atoms with Crippen molar-refractivity contribution in [3.8, 4) is 0 Å². The molecule has 8 nitrogen and oxygen atoms in total. The number of aromatic amines is 1. The van der Waals surface area contributed by atoms with Crippen molar-refractivity contribution in [3.05, 3.63) is 78.6 Å². The lowest BCUT2D eigenvalue weighted by Gasteiger charge is -2.07. The van der Waals surface area contributed by atoms with Gasteiger partial charge in [-0.3, -0.25) is 9.89 Å². The lowest BCUT2D eigenvalue weighted by atomic mass is 10.1. The predicted octanol–water partition coefficient (Wildman–Crippen LogP) is 4.08. The summed E-state index contributed by atoms with van der Waals surface area (Å²) in [5, 5.41) is 16.1. The number of carbonyl (C=O) groups is 1. The molecule has 0 unspecified atom stereocenters. The maximum Gasteiger partial charge on any atom is 0.276 e. The molecule has 0 atom stereocenters. The van der Waals surface area contributed by atoms with Crippen LogP contribution in [0.3, 0.4) is 0 Å². The van der Waals surface area contributed by atoms with E-state index in [1.165, 1.54) is 0 Å². The van der Waals surface area contributed by atoms with Gasteiger partial charge in [-0.15, -0.1) is 0 Å². The van der Waals surface area contributed by atoms with Crippen molar-refractivity contribution in [3.63, 3.8) is 0 Å². The number of anilines is 4. The monoisotopic (exact) mass is 395 g/mol. The minimum absolute atomic E-state index is 0.180. The molecule has 0 fully saturated rings. The Morgan fingerprint density at radius 3 is 2.63 bits per heavy atom. The van der Waals surface area contributed by atoms with Crippen LogP contribution < -0.4 is 16.4 Å². The minimum Gasteiger partial charge on any atom is -0.368 e. The molecule has 0 bridgehead atoms. The van der Waals surface area contributed by atoms with Gasteiger partial charge in [0.1, 0.15) is 5.82 Å².